The van der Waals surface area contributed by atoms with Gasteiger partial charge in [-0.25, -0.2) is 4.98 Å². The number of pyridine rings is 1. The van der Waals surface area contributed by atoms with Gasteiger partial charge >= 0.3 is 0 Å². The van der Waals surface area contributed by atoms with Crippen molar-refractivity contribution in [2.75, 3.05) is 11.5 Å². The molecule has 0 N–H and O–H groups in total. The zero-order valence-corrected chi connectivity index (χ0v) is 16.6. The number of carbonyl (C=O) groups excluding carboxylic acids is 1. The van der Waals surface area contributed by atoms with E-state index in [2.05, 4.69) is 54.8 Å². The lowest BCUT2D eigenvalue weighted by Gasteiger charge is -2.37. The molecule has 0 aliphatic carbocycles. The summed E-state index contributed by atoms with van der Waals surface area (Å²) in [5, 5.41) is 0.175. The molecular weight excluding hydrogens is 360 g/mol. The van der Waals surface area contributed by atoms with Gasteiger partial charge in [-0.2, -0.15) is 0 Å². The second-order valence-corrected chi connectivity index (χ2v) is 13.0. The molecular formula is C16H25BrN2O2Si. The van der Waals surface area contributed by atoms with Gasteiger partial charge in [-0.1, -0.05) is 26.8 Å². The van der Waals surface area contributed by atoms with Gasteiger partial charge in [0.15, 0.2) is 8.32 Å². The molecule has 2 heterocycles. The van der Waals surface area contributed by atoms with Gasteiger partial charge in [0.05, 0.1) is 12.6 Å². The third kappa shape index (κ3) is 3.78. The molecule has 0 aromatic carbocycles. The Labute approximate surface area is 142 Å². The summed E-state index contributed by atoms with van der Waals surface area (Å²) in [5.74, 6) is 0.843. The van der Waals surface area contributed by atoms with E-state index in [4.69, 9.17) is 4.43 Å². The molecule has 0 spiro atoms. The van der Waals surface area contributed by atoms with Crippen LogP contribution in [-0.2, 0) is 9.22 Å². The molecule has 1 aromatic heterocycles. The first-order valence-corrected chi connectivity index (χ1v) is 11.4. The topological polar surface area (TPSA) is 42.4 Å². The number of carbonyl (C=O) groups is 1. The molecule has 1 aliphatic rings. The Morgan fingerprint density at radius 3 is 2.68 bits per heavy atom. The standard InChI is InChI=1S/C16H25BrN2O2Si/c1-16(2,3)22(4,5)21-11-12-9-10-15(20)19(12)14-8-6-7-13(17)18-14/h6-8,12H,9-11H2,1-5H3/t12-/m0/s1. The normalized spacial score (nSPS) is 19.8. The van der Waals surface area contributed by atoms with Crippen LogP contribution in [0.3, 0.4) is 0 Å². The fraction of sp³-hybridized carbons (Fsp3) is 0.625. The van der Waals surface area contributed by atoms with Gasteiger partial charge in [0.2, 0.25) is 5.91 Å². The number of rotatable bonds is 4. The minimum absolute atomic E-state index is 0.0865. The van der Waals surface area contributed by atoms with Crippen LogP contribution in [0.15, 0.2) is 22.8 Å². The third-order valence-corrected chi connectivity index (χ3v) is 9.66. The van der Waals surface area contributed by atoms with Crippen LogP contribution in [0.4, 0.5) is 5.82 Å². The Morgan fingerprint density at radius 1 is 1.41 bits per heavy atom. The van der Waals surface area contributed by atoms with Crippen molar-refractivity contribution in [3.63, 3.8) is 0 Å². The molecule has 1 aliphatic heterocycles. The minimum Gasteiger partial charge on any atom is -0.415 e. The Hall–Kier alpha value is -0.723. The number of aromatic nitrogens is 1. The van der Waals surface area contributed by atoms with Crippen LogP contribution in [0, 0.1) is 0 Å². The maximum Gasteiger partial charge on any atom is 0.228 e. The van der Waals surface area contributed by atoms with E-state index in [1.165, 1.54) is 0 Å². The number of halogens is 1. The zero-order valence-electron chi connectivity index (χ0n) is 14.0. The monoisotopic (exact) mass is 384 g/mol. The van der Waals surface area contributed by atoms with Crippen LogP contribution in [0.1, 0.15) is 33.6 Å². The molecule has 0 radical (unpaired) electrons. The van der Waals surface area contributed by atoms with Gasteiger partial charge < -0.3 is 4.43 Å². The highest BCUT2D eigenvalue weighted by molar-refractivity contribution is 9.10. The predicted molar refractivity (Wildman–Crippen MR) is 95.6 cm³/mol. The van der Waals surface area contributed by atoms with E-state index in [-0.39, 0.29) is 17.0 Å². The van der Waals surface area contributed by atoms with Crippen LogP contribution < -0.4 is 4.90 Å². The zero-order chi connectivity index (χ0) is 16.5. The average Bonchev–Trinajstić information content (AvgIpc) is 2.76. The first-order valence-electron chi connectivity index (χ1n) is 7.70. The summed E-state index contributed by atoms with van der Waals surface area (Å²) >= 11 is 3.37. The maximum atomic E-state index is 12.2. The van der Waals surface area contributed by atoms with Crippen molar-refractivity contribution >= 4 is 36.0 Å². The Balaban J connectivity index is 2.12. The van der Waals surface area contributed by atoms with Crippen LogP contribution in [-0.4, -0.2) is 31.9 Å². The second-order valence-electron chi connectivity index (χ2n) is 7.35. The van der Waals surface area contributed by atoms with Gasteiger partial charge in [0.25, 0.3) is 0 Å². The van der Waals surface area contributed by atoms with E-state index < -0.39 is 8.32 Å². The van der Waals surface area contributed by atoms with Gasteiger partial charge in [-0.3, -0.25) is 9.69 Å². The SMILES string of the molecule is CC(C)(C)[Si](C)(C)OC[C@@H]1CCC(=O)N1c1cccc(Br)n1. The van der Waals surface area contributed by atoms with E-state index in [0.29, 0.717) is 18.8 Å². The third-order valence-electron chi connectivity index (χ3n) is 4.72. The molecule has 0 saturated carbocycles. The molecule has 0 bridgehead atoms. The number of hydrogen-bond donors (Lipinski definition) is 0. The Kier molecular flexibility index (Phi) is 5.14. The number of amides is 1. The van der Waals surface area contributed by atoms with Crippen LogP contribution >= 0.6 is 15.9 Å². The van der Waals surface area contributed by atoms with Crippen molar-refractivity contribution < 1.29 is 9.22 Å². The summed E-state index contributed by atoms with van der Waals surface area (Å²) in [4.78, 5) is 18.5. The van der Waals surface area contributed by atoms with E-state index in [1.807, 2.05) is 18.2 Å². The quantitative estimate of drug-likeness (QED) is 0.571. The lowest BCUT2D eigenvalue weighted by molar-refractivity contribution is -0.117. The van der Waals surface area contributed by atoms with E-state index >= 15 is 0 Å². The van der Waals surface area contributed by atoms with Crippen molar-refractivity contribution in [1.82, 2.24) is 4.98 Å². The minimum atomic E-state index is -1.80. The molecule has 122 valence electrons. The molecule has 1 fully saturated rings. The van der Waals surface area contributed by atoms with E-state index in [1.54, 1.807) is 4.90 Å². The summed E-state index contributed by atoms with van der Waals surface area (Å²) in [7, 11) is -1.80. The maximum absolute atomic E-state index is 12.2. The van der Waals surface area contributed by atoms with Crippen molar-refractivity contribution in [2.24, 2.45) is 0 Å². The van der Waals surface area contributed by atoms with Gasteiger partial charge in [0, 0.05) is 6.42 Å². The Bertz CT molecular complexity index is 557. The summed E-state index contributed by atoms with van der Waals surface area (Å²) in [6.45, 7) is 11.8. The summed E-state index contributed by atoms with van der Waals surface area (Å²) in [6, 6.07) is 5.74. The highest BCUT2D eigenvalue weighted by Crippen LogP contribution is 2.37. The molecule has 6 heteroatoms. The lowest BCUT2D eigenvalue weighted by atomic mass is 10.2. The smallest absolute Gasteiger partial charge is 0.228 e. The summed E-state index contributed by atoms with van der Waals surface area (Å²) < 4.78 is 7.06. The van der Waals surface area contributed by atoms with Crippen LogP contribution in [0.2, 0.25) is 18.1 Å². The van der Waals surface area contributed by atoms with E-state index in [0.717, 1.165) is 11.0 Å². The predicted octanol–water partition coefficient (Wildman–Crippen LogP) is 4.36. The van der Waals surface area contributed by atoms with E-state index in [9.17, 15) is 4.79 Å². The van der Waals surface area contributed by atoms with Gasteiger partial charge in [-0.15, -0.1) is 0 Å². The number of nitrogens with zero attached hydrogens (tertiary/aromatic N) is 2. The average molecular weight is 385 g/mol. The number of anilines is 1. The molecule has 0 unspecified atom stereocenters. The van der Waals surface area contributed by atoms with Gasteiger partial charge in [-0.05, 0) is 52.6 Å². The fourth-order valence-electron chi connectivity index (χ4n) is 2.27. The van der Waals surface area contributed by atoms with Crippen molar-refractivity contribution in [3.8, 4) is 0 Å². The first-order chi connectivity index (χ1) is 10.1. The Morgan fingerprint density at radius 2 is 2.09 bits per heavy atom. The van der Waals surface area contributed by atoms with Gasteiger partial charge in [0.1, 0.15) is 10.4 Å². The molecule has 1 amide bonds. The number of hydrogen-bond acceptors (Lipinski definition) is 3. The molecule has 1 saturated heterocycles. The highest BCUT2D eigenvalue weighted by atomic mass is 79.9. The van der Waals surface area contributed by atoms with Crippen molar-refractivity contribution in [2.45, 2.75) is 57.8 Å². The fourth-order valence-corrected chi connectivity index (χ4v) is 3.65. The van der Waals surface area contributed by atoms with Crippen molar-refractivity contribution in [1.29, 1.82) is 0 Å². The van der Waals surface area contributed by atoms with Crippen LogP contribution in [0.5, 0.6) is 0 Å². The summed E-state index contributed by atoms with van der Waals surface area (Å²) in [5.41, 5.74) is 0. The highest BCUT2D eigenvalue weighted by Gasteiger charge is 2.40. The molecule has 2 rings (SSSR count). The molecule has 1 atom stereocenters. The molecule has 1 aromatic rings. The molecule has 4 nitrogen and oxygen atoms in total. The first kappa shape index (κ1) is 17.6. The van der Waals surface area contributed by atoms with Crippen molar-refractivity contribution in [3.05, 3.63) is 22.8 Å². The summed E-state index contributed by atoms with van der Waals surface area (Å²) in [6.07, 6.45) is 1.40. The largest absolute Gasteiger partial charge is 0.415 e. The lowest BCUT2D eigenvalue weighted by Crippen LogP contribution is -2.45. The second kappa shape index (κ2) is 6.41. The molecule has 22 heavy (non-hydrogen) atoms. The van der Waals surface area contributed by atoms with Crippen LogP contribution in [0.25, 0.3) is 0 Å².